The second-order valence-corrected chi connectivity index (χ2v) is 7.15. The van der Waals surface area contributed by atoms with Gasteiger partial charge in [-0.25, -0.2) is 9.59 Å². The minimum Gasteiger partial charge on any atom is -0.460 e. The van der Waals surface area contributed by atoms with Gasteiger partial charge in [0.2, 0.25) is 0 Å². The van der Waals surface area contributed by atoms with Crippen molar-refractivity contribution in [1.82, 2.24) is 4.90 Å². The highest BCUT2D eigenvalue weighted by Crippen LogP contribution is 2.25. The Morgan fingerprint density at radius 1 is 1.15 bits per heavy atom. The molecule has 1 aromatic rings. The predicted molar refractivity (Wildman–Crippen MR) is 93.1 cm³/mol. The summed E-state index contributed by atoms with van der Waals surface area (Å²) in [7, 11) is 0. The van der Waals surface area contributed by atoms with Gasteiger partial charge in [0.15, 0.2) is 6.04 Å². The van der Waals surface area contributed by atoms with Gasteiger partial charge in [0, 0.05) is 19.9 Å². The summed E-state index contributed by atoms with van der Waals surface area (Å²) >= 11 is 0. The number of esters is 2. The van der Waals surface area contributed by atoms with Crippen LogP contribution >= 0.6 is 0 Å². The quantitative estimate of drug-likeness (QED) is 0.604. The van der Waals surface area contributed by atoms with Crippen molar-refractivity contribution in [2.45, 2.75) is 58.5 Å². The standard InChI is InChI=1S/C19H25NO6/c1-13(21)25-15-10-11-20(18(23)26-19(2,3)4)16(15)17(22)24-12-14-8-6-5-7-9-14/h5-9,15-16H,10-12H2,1-4H3/t15-,16+/m0/s1. The van der Waals surface area contributed by atoms with Gasteiger partial charge < -0.3 is 14.2 Å². The molecule has 0 aliphatic carbocycles. The van der Waals surface area contributed by atoms with Crippen LogP contribution in [0.15, 0.2) is 30.3 Å². The van der Waals surface area contributed by atoms with Gasteiger partial charge in [-0.2, -0.15) is 0 Å². The highest BCUT2D eigenvalue weighted by Gasteiger charge is 2.46. The highest BCUT2D eigenvalue weighted by molar-refractivity contribution is 5.83. The molecule has 1 aromatic carbocycles. The molecule has 0 radical (unpaired) electrons. The number of benzene rings is 1. The van der Waals surface area contributed by atoms with Gasteiger partial charge in [0.25, 0.3) is 0 Å². The Balaban J connectivity index is 2.11. The fraction of sp³-hybridized carbons (Fsp3) is 0.526. The molecule has 0 saturated carbocycles. The smallest absolute Gasteiger partial charge is 0.411 e. The summed E-state index contributed by atoms with van der Waals surface area (Å²) in [6.45, 7) is 6.82. The molecular formula is C19H25NO6. The molecule has 1 amide bonds. The first kappa shape index (κ1) is 19.8. The van der Waals surface area contributed by atoms with Crippen molar-refractivity contribution < 1.29 is 28.6 Å². The SMILES string of the molecule is CC(=O)O[C@H]1CCN(C(=O)OC(C)(C)C)[C@H]1C(=O)OCc1ccccc1. The van der Waals surface area contributed by atoms with E-state index in [0.29, 0.717) is 6.42 Å². The van der Waals surface area contributed by atoms with E-state index in [-0.39, 0.29) is 13.2 Å². The molecule has 0 unspecified atom stereocenters. The molecule has 0 spiro atoms. The Morgan fingerprint density at radius 2 is 1.81 bits per heavy atom. The van der Waals surface area contributed by atoms with Crippen molar-refractivity contribution in [1.29, 1.82) is 0 Å². The van der Waals surface area contributed by atoms with Gasteiger partial charge in [-0.15, -0.1) is 0 Å². The topological polar surface area (TPSA) is 82.1 Å². The predicted octanol–water partition coefficient (Wildman–Crippen LogP) is 2.67. The Bertz CT molecular complexity index is 652. The molecular weight excluding hydrogens is 338 g/mol. The lowest BCUT2D eigenvalue weighted by Gasteiger charge is -2.29. The van der Waals surface area contributed by atoms with Crippen LogP contribution in [0.1, 0.15) is 39.7 Å². The molecule has 7 heteroatoms. The third-order valence-electron chi connectivity index (χ3n) is 3.75. The normalized spacial score (nSPS) is 19.8. The summed E-state index contributed by atoms with van der Waals surface area (Å²) in [5.74, 6) is -1.13. The molecule has 26 heavy (non-hydrogen) atoms. The Morgan fingerprint density at radius 3 is 2.38 bits per heavy atom. The first-order valence-electron chi connectivity index (χ1n) is 8.55. The number of nitrogens with zero attached hydrogens (tertiary/aromatic N) is 1. The van der Waals surface area contributed by atoms with Crippen LogP contribution in [0.25, 0.3) is 0 Å². The van der Waals surface area contributed by atoms with Crippen LogP contribution in [0.2, 0.25) is 0 Å². The third-order valence-corrected chi connectivity index (χ3v) is 3.75. The van der Waals surface area contributed by atoms with Crippen LogP contribution in [0.3, 0.4) is 0 Å². The fourth-order valence-electron chi connectivity index (χ4n) is 2.72. The zero-order valence-electron chi connectivity index (χ0n) is 15.6. The van der Waals surface area contributed by atoms with Crippen LogP contribution < -0.4 is 0 Å². The maximum Gasteiger partial charge on any atom is 0.411 e. The molecule has 7 nitrogen and oxygen atoms in total. The van der Waals surface area contributed by atoms with Crippen molar-refractivity contribution in [3.05, 3.63) is 35.9 Å². The van der Waals surface area contributed by atoms with E-state index in [1.165, 1.54) is 11.8 Å². The van der Waals surface area contributed by atoms with E-state index in [4.69, 9.17) is 14.2 Å². The van der Waals surface area contributed by atoms with Gasteiger partial charge >= 0.3 is 18.0 Å². The molecule has 0 aromatic heterocycles. The van der Waals surface area contributed by atoms with E-state index < -0.39 is 35.8 Å². The van der Waals surface area contributed by atoms with Crippen molar-refractivity contribution in [2.24, 2.45) is 0 Å². The van der Waals surface area contributed by atoms with E-state index in [2.05, 4.69) is 0 Å². The largest absolute Gasteiger partial charge is 0.460 e. The molecule has 2 rings (SSSR count). The minimum absolute atomic E-state index is 0.0745. The van der Waals surface area contributed by atoms with Crippen molar-refractivity contribution in [3.8, 4) is 0 Å². The lowest BCUT2D eigenvalue weighted by Crippen LogP contribution is -2.48. The van der Waals surface area contributed by atoms with Crippen LogP contribution in [0, 0.1) is 0 Å². The van der Waals surface area contributed by atoms with E-state index in [9.17, 15) is 14.4 Å². The Labute approximate surface area is 153 Å². The number of hydrogen-bond acceptors (Lipinski definition) is 6. The van der Waals surface area contributed by atoms with E-state index >= 15 is 0 Å². The molecule has 1 heterocycles. The Hall–Kier alpha value is -2.57. The fourth-order valence-corrected chi connectivity index (χ4v) is 2.72. The summed E-state index contributed by atoms with van der Waals surface area (Å²) in [5.41, 5.74) is 0.126. The summed E-state index contributed by atoms with van der Waals surface area (Å²) in [6.07, 6.45) is -1.03. The summed E-state index contributed by atoms with van der Waals surface area (Å²) in [5, 5.41) is 0. The van der Waals surface area contributed by atoms with Gasteiger partial charge in [0.05, 0.1) is 0 Å². The van der Waals surface area contributed by atoms with E-state index in [1.807, 2.05) is 30.3 Å². The number of rotatable bonds is 4. The van der Waals surface area contributed by atoms with Gasteiger partial charge in [0.1, 0.15) is 18.3 Å². The molecule has 1 aliphatic heterocycles. The Kier molecular flexibility index (Phi) is 6.23. The average molecular weight is 363 g/mol. The number of hydrogen-bond donors (Lipinski definition) is 0. The number of ether oxygens (including phenoxy) is 3. The molecule has 0 N–H and O–H groups in total. The zero-order chi connectivity index (χ0) is 19.3. The molecule has 0 bridgehead atoms. The average Bonchev–Trinajstić information content (AvgIpc) is 2.95. The van der Waals surface area contributed by atoms with Crippen LogP contribution in [0.4, 0.5) is 4.79 Å². The molecule has 2 atom stereocenters. The number of likely N-dealkylation sites (tertiary alicyclic amines) is 1. The zero-order valence-corrected chi connectivity index (χ0v) is 15.6. The maximum atomic E-state index is 12.6. The molecule has 1 fully saturated rings. The number of carbonyl (C=O) groups excluding carboxylic acids is 3. The lowest BCUT2D eigenvalue weighted by molar-refractivity contribution is -0.159. The summed E-state index contributed by atoms with van der Waals surface area (Å²) < 4.78 is 15.9. The molecule has 1 saturated heterocycles. The minimum atomic E-state index is -1.02. The van der Waals surface area contributed by atoms with Crippen molar-refractivity contribution in [2.75, 3.05) is 6.54 Å². The number of amides is 1. The highest BCUT2D eigenvalue weighted by atomic mass is 16.6. The second kappa shape index (κ2) is 8.21. The van der Waals surface area contributed by atoms with Gasteiger partial charge in [-0.1, -0.05) is 30.3 Å². The van der Waals surface area contributed by atoms with E-state index in [1.54, 1.807) is 20.8 Å². The summed E-state index contributed by atoms with van der Waals surface area (Å²) in [4.78, 5) is 37.7. The van der Waals surface area contributed by atoms with E-state index in [0.717, 1.165) is 5.56 Å². The van der Waals surface area contributed by atoms with Gasteiger partial charge in [-0.05, 0) is 26.3 Å². The molecule has 1 aliphatic rings. The first-order chi connectivity index (χ1) is 12.2. The molecule has 142 valence electrons. The van der Waals surface area contributed by atoms with Crippen molar-refractivity contribution >= 4 is 18.0 Å². The second-order valence-electron chi connectivity index (χ2n) is 7.15. The van der Waals surface area contributed by atoms with Crippen LogP contribution in [0.5, 0.6) is 0 Å². The van der Waals surface area contributed by atoms with Crippen LogP contribution in [-0.4, -0.2) is 47.2 Å². The number of carbonyl (C=O) groups is 3. The first-order valence-corrected chi connectivity index (χ1v) is 8.55. The lowest BCUT2D eigenvalue weighted by atomic mass is 10.1. The monoisotopic (exact) mass is 363 g/mol. The van der Waals surface area contributed by atoms with Crippen LogP contribution in [-0.2, 0) is 30.4 Å². The van der Waals surface area contributed by atoms with Gasteiger partial charge in [-0.3, -0.25) is 9.69 Å². The maximum absolute atomic E-state index is 12.6. The summed E-state index contributed by atoms with van der Waals surface area (Å²) in [6, 6.07) is 8.19. The third kappa shape index (κ3) is 5.47. The van der Waals surface area contributed by atoms with Crippen molar-refractivity contribution in [3.63, 3.8) is 0 Å².